The van der Waals surface area contributed by atoms with Gasteiger partial charge in [0.15, 0.2) is 0 Å². The topological polar surface area (TPSA) is 23.5 Å². The van der Waals surface area contributed by atoms with Gasteiger partial charge in [0.1, 0.15) is 0 Å². The number of β-amino-alcohol motifs (C(OH)–C–C–N with tert-alkyl or cyclic N) is 1. The Kier molecular flexibility index (Phi) is 2.67. The Balaban J connectivity index is 1.84. The summed E-state index contributed by atoms with van der Waals surface area (Å²) in [6.45, 7) is 4.18. The third kappa shape index (κ3) is 2.08. The summed E-state index contributed by atoms with van der Waals surface area (Å²) in [4.78, 5) is 3.42. The molecule has 1 saturated heterocycles. The van der Waals surface area contributed by atoms with Crippen LogP contribution in [0.25, 0.3) is 10.1 Å². The Hall–Kier alpha value is -0.610. The average Bonchev–Trinajstić information content (AvgIpc) is 2.54. The maximum absolute atomic E-state index is 9.70. The van der Waals surface area contributed by atoms with Gasteiger partial charge in [0.25, 0.3) is 0 Å². The van der Waals surface area contributed by atoms with Gasteiger partial charge < -0.3 is 5.11 Å². The van der Waals surface area contributed by atoms with Gasteiger partial charge in [-0.1, -0.05) is 29.8 Å². The first-order chi connectivity index (χ1) is 8.05. The molecule has 17 heavy (non-hydrogen) atoms. The quantitative estimate of drug-likeness (QED) is 0.904. The number of fused-ring (bicyclic) bond motifs is 1. The number of halogens is 1. The number of thiophene rings is 1. The molecule has 2 nitrogen and oxygen atoms in total. The van der Waals surface area contributed by atoms with Crippen molar-refractivity contribution in [2.75, 3.05) is 13.1 Å². The van der Waals surface area contributed by atoms with Crippen LogP contribution in [0.1, 0.15) is 11.8 Å². The number of hydrogen-bond acceptors (Lipinski definition) is 3. The zero-order chi connectivity index (χ0) is 12.0. The SMILES string of the molecule is CC1(O)CN(Cc2sc3ccccc3c2Cl)C1. The predicted octanol–water partition coefficient (Wildman–Crippen LogP) is 3.12. The van der Waals surface area contributed by atoms with Crippen LogP contribution in [0.15, 0.2) is 24.3 Å². The van der Waals surface area contributed by atoms with Crippen molar-refractivity contribution in [3.05, 3.63) is 34.2 Å². The fourth-order valence-corrected chi connectivity index (χ4v) is 3.93. The molecular weight excluding hydrogens is 254 g/mol. The first kappa shape index (κ1) is 11.5. The summed E-state index contributed by atoms with van der Waals surface area (Å²) >= 11 is 8.12. The monoisotopic (exact) mass is 267 g/mol. The van der Waals surface area contributed by atoms with Gasteiger partial charge in [0.05, 0.1) is 10.6 Å². The molecule has 1 aromatic carbocycles. The zero-order valence-corrected chi connectivity index (χ0v) is 11.2. The molecule has 0 spiro atoms. The van der Waals surface area contributed by atoms with Crippen LogP contribution < -0.4 is 0 Å². The minimum absolute atomic E-state index is 0.511. The number of likely N-dealkylation sites (tertiary alicyclic amines) is 1. The highest BCUT2D eigenvalue weighted by Crippen LogP contribution is 2.37. The third-order valence-corrected chi connectivity index (χ3v) is 4.80. The molecule has 0 unspecified atom stereocenters. The summed E-state index contributed by atoms with van der Waals surface area (Å²) in [7, 11) is 0. The molecule has 0 bridgehead atoms. The average molecular weight is 268 g/mol. The first-order valence-electron chi connectivity index (χ1n) is 5.66. The number of hydrogen-bond donors (Lipinski definition) is 1. The van der Waals surface area contributed by atoms with Crippen LogP contribution in [0.5, 0.6) is 0 Å². The van der Waals surface area contributed by atoms with E-state index in [0.717, 1.165) is 30.0 Å². The van der Waals surface area contributed by atoms with Gasteiger partial charge in [0.2, 0.25) is 0 Å². The van der Waals surface area contributed by atoms with Crippen molar-refractivity contribution < 1.29 is 5.11 Å². The standard InChI is InChI=1S/C13H14ClNOS/c1-13(16)7-15(8-13)6-11-12(14)9-4-2-3-5-10(9)17-11/h2-5,16H,6-8H2,1H3. The van der Waals surface area contributed by atoms with Crippen molar-refractivity contribution in [1.29, 1.82) is 0 Å². The van der Waals surface area contributed by atoms with Crippen LogP contribution in [0, 0.1) is 0 Å². The van der Waals surface area contributed by atoms with Crippen molar-refractivity contribution in [3.63, 3.8) is 0 Å². The molecule has 4 heteroatoms. The van der Waals surface area contributed by atoms with Crippen LogP contribution in [-0.2, 0) is 6.54 Å². The zero-order valence-electron chi connectivity index (χ0n) is 9.61. The largest absolute Gasteiger partial charge is 0.388 e. The fourth-order valence-electron chi connectivity index (χ4n) is 2.40. The van der Waals surface area contributed by atoms with Gasteiger partial charge in [-0.15, -0.1) is 11.3 Å². The third-order valence-electron chi connectivity index (χ3n) is 3.10. The molecule has 0 radical (unpaired) electrons. The van der Waals surface area contributed by atoms with E-state index < -0.39 is 5.60 Å². The van der Waals surface area contributed by atoms with Crippen LogP contribution in [-0.4, -0.2) is 28.7 Å². The van der Waals surface area contributed by atoms with Crippen molar-refractivity contribution in [2.24, 2.45) is 0 Å². The van der Waals surface area contributed by atoms with Crippen molar-refractivity contribution in [3.8, 4) is 0 Å². The van der Waals surface area contributed by atoms with Gasteiger partial charge >= 0.3 is 0 Å². The normalized spacial score (nSPS) is 19.5. The Bertz CT molecular complexity index is 556. The van der Waals surface area contributed by atoms with E-state index in [4.69, 9.17) is 11.6 Å². The van der Waals surface area contributed by atoms with E-state index in [0.29, 0.717) is 0 Å². The molecule has 1 aliphatic heterocycles. The lowest BCUT2D eigenvalue weighted by Crippen LogP contribution is -2.59. The summed E-state index contributed by atoms with van der Waals surface area (Å²) in [6.07, 6.45) is 0. The van der Waals surface area contributed by atoms with E-state index in [1.165, 1.54) is 9.58 Å². The Morgan fingerprint density at radius 2 is 2.12 bits per heavy atom. The molecule has 3 rings (SSSR count). The molecule has 1 aromatic heterocycles. The lowest BCUT2D eigenvalue weighted by atomic mass is 9.97. The summed E-state index contributed by atoms with van der Waals surface area (Å²) in [5.41, 5.74) is -0.511. The highest BCUT2D eigenvalue weighted by molar-refractivity contribution is 7.19. The van der Waals surface area contributed by atoms with Crippen molar-refractivity contribution in [1.82, 2.24) is 4.90 Å². The fraction of sp³-hybridized carbons (Fsp3) is 0.385. The molecule has 2 heterocycles. The highest BCUT2D eigenvalue weighted by Gasteiger charge is 2.36. The Morgan fingerprint density at radius 1 is 1.41 bits per heavy atom. The number of rotatable bonds is 2. The molecule has 0 aliphatic carbocycles. The highest BCUT2D eigenvalue weighted by atomic mass is 35.5. The second-order valence-corrected chi connectivity index (χ2v) is 6.49. The minimum atomic E-state index is -0.511. The molecule has 0 saturated carbocycles. The van der Waals surface area contributed by atoms with E-state index >= 15 is 0 Å². The van der Waals surface area contributed by atoms with Crippen molar-refractivity contribution >= 4 is 33.0 Å². The van der Waals surface area contributed by atoms with Crippen molar-refractivity contribution in [2.45, 2.75) is 19.1 Å². The van der Waals surface area contributed by atoms with E-state index in [1.807, 2.05) is 19.1 Å². The summed E-state index contributed by atoms with van der Waals surface area (Å²) in [5.74, 6) is 0. The number of aliphatic hydroxyl groups is 1. The summed E-state index contributed by atoms with van der Waals surface area (Å²) in [5, 5.41) is 11.7. The minimum Gasteiger partial charge on any atom is -0.388 e. The van der Waals surface area contributed by atoms with E-state index in [2.05, 4.69) is 17.0 Å². The van der Waals surface area contributed by atoms with Crippen LogP contribution in [0.4, 0.5) is 0 Å². The maximum Gasteiger partial charge on any atom is 0.0872 e. The molecule has 0 atom stereocenters. The number of nitrogens with zero attached hydrogens (tertiary/aromatic N) is 1. The van der Waals surface area contributed by atoms with Crippen LogP contribution in [0.3, 0.4) is 0 Å². The van der Waals surface area contributed by atoms with E-state index in [9.17, 15) is 5.11 Å². The molecule has 1 N–H and O–H groups in total. The first-order valence-corrected chi connectivity index (χ1v) is 6.85. The summed E-state index contributed by atoms with van der Waals surface area (Å²) in [6, 6.07) is 8.21. The Morgan fingerprint density at radius 3 is 2.76 bits per heavy atom. The number of benzene rings is 1. The smallest absolute Gasteiger partial charge is 0.0872 e. The molecule has 1 fully saturated rings. The van der Waals surface area contributed by atoms with E-state index in [1.54, 1.807) is 11.3 Å². The molecule has 90 valence electrons. The molecule has 0 amide bonds. The van der Waals surface area contributed by atoms with Crippen LogP contribution in [0.2, 0.25) is 5.02 Å². The van der Waals surface area contributed by atoms with Crippen LogP contribution >= 0.6 is 22.9 Å². The Labute approximate surface area is 109 Å². The predicted molar refractivity (Wildman–Crippen MR) is 72.7 cm³/mol. The van der Waals surface area contributed by atoms with Gasteiger partial charge in [-0.25, -0.2) is 0 Å². The molecule has 2 aromatic rings. The second-order valence-electron chi connectivity index (χ2n) is 4.98. The van der Waals surface area contributed by atoms with Gasteiger partial charge in [-0.2, -0.15) is 0 Å². The maximum atomic E-state index is 9.70. The van der Waals surface area contributed by atoms with Gasteiger partial charge in [0, 0.05) is 34.6 Å². The summed E-state index contributed by atoms with van der Waals surface area (Å²) < 4.78 is 1.24. The molecular formula is C13H14ClNOS. The van der Waals surface area contributed by atoms with E-state index in [-0.39, 0.29) is 0 Å². The molecule has 1 aliphatic rings. The second kappa shape index (κ2) is 3.95. The lowest BCUT2D eigenvalue weighted by molar-refractivity contribution is -0.0867. The lowest BCUT2D eigenvalue weighted by Gasteiger charge is -2.44. The van der Waals surface area contributed by atoms with Gasteiger partial charge in [-0.3, -0.25) is 4.90 Å². The van der Waals surface area contributed by atoms with Gasteiger partial charge in [-0.05, 0) is 13.0 Å².